The van der Waals surface area contributed by atoms with Crippen molar-refractivity contribution < 1.29 is 4.79 Å². The number of benzene rings is 1. The van der Waals surface area contributed by atoms with Gasteiger partial charge in [-0.3, -0.25) is 4.79 Å². The van der Waals surface area contributed by atoms with Gasteiger partial charge in [0.2, 0.25) is 0 Å². The molecule has 0 unspecified atom stereocenters. The standard InChI is InChI=1S/C16H16N2OS/c1-11-5-6-13(4-3-7-17)8-15(11)18-16(19)14-10-20-9-12(14)2/h5-6,8-10H,7,17H2,1-2H3,(H,18,19). The monoisotopic (exact) mass is 284 g/mol. The van der Waals surface area contributed by atoms with Crippen LogP contribution in [0.2, 0.25) is 0 Å². The van der Waals surface area contributed by atoms with E-state index >= 15 is 0 Å². The Morgan fingerprint density at radius 2 is 2.10 bits per heavy atom. The van der Waals surface area contributed by atoms with Crippen LogP contribution in [0.3, 0.4) is 0 Å². The zero-order chi connectivity index (χ0) is 14.5. The fourth-order valence-corrected chi connectivity index (χ4v) is 2.60. The predicted molar refractivity (Wildman–Crippen MR) is 84.1 cm³/mol. The third-order valence-corrected chi connectivity index (χ3v) is 3.78. The van der Waals surface area contributed by atoms with E-state index in [1.54, 1.807) is 0 Å². The van der Waals surface area contributed by atoms with Gasteiger partial charge < -0.3 is 11.1 Å². The normalized spacial score (nSPS) is 9.75. The van der Waals surface area contributed by atoms with Crippen LogP contribution in [0.4, 0.5) is 5.69 Å². The topological polar surface area (TPSA) is 55.1 Å². The second-order valence-electron chi connectivity index (χ2n) is 4.46. The van der Waals surface area contributed by atoms with Crippen LogP contribution in [0.1, 0.15) is 27.0 Å². The van der Waals surface area contributed by atoms with Gasteiger partial charge in [-0.15, -0.1) is 0 Å². The Morgan fingerprint density at radius 3 is 2.75 bits per heavy atom. The molecule has 0 saturated carbocycles. The smallest absolute Gasteiger partial charge is 0.256 e. The minimum absolute atomic E-state index is 0.0872. The molecule has 0 bridgehead atoms. The number of amides is 1. The van der Waals surface area contributed by atoms with Crippen molar-refractivity contribution in [3.63, 3.8) is 0 Å². The Kier molecular flexibility index (Phi) is 4.57. The van der Waals surface area contributed by atoms with Crippen molar-refractivity contribution in [1.29, 1.82) is 0 Å². The average Bonchev–Trinajstić information content (AvgIpc) is 2.86. The minimum Gasteiger partial charge on any atom is -0.322 e. The molecule has 3 N–H and O–H groups in total. The Hall–Kier alpha value is -2.09. The summed E-state index contributed by atoms with van der Waals surface area (Å²) in [4.78, 5) is 12.2. The highest BCUT2D eigenvalue weighted by atomic mass is 32.1. The highest BCUT2D eigenvalue weighted by Gasteiger charge is 2.11. The molecule has 0 fully saturated rings. The number of nitrogens with one attached hydrogen (secondary N) is 1. The first kappa shape index (κ1) is 14.3. The van der Waals surface area contributed by atoms with Gasteiger partial charge in [-0.25, -0.2) is 0 Å². The third-order valence-electron chi connectivity index (χ3n) is 2.92. The van der Waals surface area contributed by atoms with Gasteiger partial charge >= 0.3 is 0 Å². The molecule has 2 rings (SSSR count). The molecule has 0 atom stereocenters. The number of carbonyl (C=O) groups excluding carboxylic acids is 1. The van der Waals surface area contributed by atoms with Crippen LogP contribution >= 0.6 is 11.3 Å². The van der Waals surface area contributed by atoms with Crippen molar-refractivity contribution in [2.75, 3.05) is 11.9 Å². The van der Waals surface area contributed by atoms with Crippen molar-refractivity contribution in [2.24, 2.45) is 5.73 Å². The molecule has 1 aromatic heterocycles. The zero-order valence-corrected chi connectivity index (χ0v) is 12.3. The van der Waals surface area contributed by atoms with E-state index in [0.29, 0.717) is 12.1 Å². The summed E-state index contributed by atoms with van der Waals surface area (Å²) in [6.45, 7) is 4.21. The fourth-order valence-electron chi connectivity index (χ4n) is 1.77. The molecule has 1 amide bonds. The van der Waals surface area contributed by atoms with Gasteiger partial charge in [-0.2, -0.15) is 11.3 Å². The fraction of sp³-hybridized carbons (Fsp3) is 0.188. The maximum atomic E-state index is 12.2. The Morgan fingerprint density at radius 1 is 1.30 bits per heavy atom. The van der Waals surface area contributed by atoms with Crippen molar-refractivity contribution in [1.82, 2.24) is 0 Å². The number of hydrogen-bond donors (Lipinski definition) is 2. The van der Waals surface area contributed by atoms with E-state index in [4.69, 9.17) is 5.73 Å². The Bertz CT molecular complexity index is 692. The van der Waals surface area contributed by atoms with Crippen molar-refractivity contribution in [3.8, 4) is 11.8 Å². The van der Waals surface area contributed by atoms with E-state index in [1.165, 1.54) is 11.3 Å². The predicted octanol–water partition coefficient (Wildman–Crippen LogP) is 2.93. The Balaban J connectivity index is 2.25. The lowest BCUT2D eigenvalue weighted by Gasteiger charge is -2.08. The SMILES string of the molecule is Cc1ccc(C#CCN)cc1NC(=O)c1cscc1C. The van der Waals surface area contributed by atoms with Crippen LogP contribution < -0.4 is 11.1 Å². The largest absolute Gasteiger partial charge is 0.322 e. The first-order chi connectivity index (χ1) is 9.61. The summed E-state index contributed by atoms with van der Waals surface area (Å²) >= 11 is 1.53. The Labute approximate surface area is 122 Å². The average molecular weight is 284 g/mol. The van der Waals surface area contributed by atoms with Gasteiger partial charge in [-0.05, 0) is 42.5 Å². The van der Waals surface area contributed by atoms with Crippen LogP contribution in [-0.2, 0) is 0 Å². The summed E-state index contributed by atoms with van der Waals surface area (Å²) in [5, 5.41) is 6.76. The van der Waals surface area contributed by atoms with Gasteiger partial charge in [0.1, 0.15) is 0 Å². The van der Waals surface area contributed by atoms with Crippen molar-refractivity contribution in [2.45, 2.75) is 13.8 Å². The number of anilines is 1. The first-order valence-corrected chi connectivity index (χ1v) is 7.20. The summed E-state index contributed by atoms with van der Waals surface area (Å²) in [5.41, 5.74) is 9.70. The lowest BCUT2D eigenvalue weighted by molar-refractivity contribution is 0.102. The van der Waals surface area contributed by atoms with E-state index in [9.17, 15) is 4.79 Å². The highest BCUT2D eigenvalue weighted by molar-refractivity contribution is 7.08. The molecular weight excluding hydrogens is 268 g/mol. The lowest BCUT2D eigenvalue weighted by Crippen LogP contribution is -2.13. The number of carbonyl (C=O) groups is 1. The molecular formula is C16H16N2OS. The second kappa shape index (κ2) is 6.38. The van der Waals surface area contributed by atoms with Gasteiger partial charge in [-0.1, -0.05) is 17.9 Å². The van der Waals surface area contributed by atoms with E-state index in [0.717, 1.165) is 22.4 Å². The van der Waals surface area contributed by atoms with Gasteiger partial charge in [0.25, 0.3) is 5.91 Å². The van der Waals surface area contributed by atoms with E-state index in [2.05, 4.69) is 17.2 Å². The molecule has 0 spiro atoms. The minimum atomic E-state index is -0.0872. The molecule has 1 heterocycles. The van der Waals surface area contributed by atoms with E-state index in [-0.39, 0.29) is 5.91 Å². The number of aryl methyl sites for hydroxylation is 2. The van der Waals surface area contributed by atoms with Crippen LogP contribution in [-0.4, -0.2) is 12.5 Å². The summed E-state index contributed by atoms with van der Waals surface area (Å²) in [6, 6.07) is 5.73. The molecule has 4 heteroatoms. The molecule has 1 aromatic carbocycles. The van der Waals surface area contributed by atoms with Crippen LogP contribution in [0.5, 0.6) is 0 Å². The number of nitrogens with two attached hydrogens (primary N) is 1. The van der Waals surface area contributed by atoms with Crippen molar-refractivity contribution in [3.05, 3.63) is 51.2 Å². The van der Waals surface area contributed by atoms with Crippen molar-refractivity contribution >= 4 is 22.9 Å². The third kappa shape index (κ3) is 3.27. The van der Waals surface area contributed by atoms with Gasteiger partial charge in [0.05, 0.1) is 12.1 Å². The lowest BCUT2D eigenvalue weighted by atomic mass is 10.1. The number of hydrogen-bond acceptors (Lipinski definition) is 3. The molecule has 0 aliphatic heterocycles. The summed E-state index contributed by atoms with van der Waals surface area (Å²) in [6.07, 6.45) is 0. The number of rotatable bonds is 2. The first-order valence-electron chi connectivity index (χ1n) is 6.25. The second-order valence-corrected chi connectivity index (χ2v) is 5.20. The van der Waals surface area contributed by atoms with Gasteiger partial charge in [0, 0.05) is 16.6 Å². The highest BCUT2D eigenvalue weighted by Crippen LogP contribution is 2.20. The maximum Gasteiger partial charge on any atom is 0.256 e. The maximum absolute atomic E-state index is 12.2. The molecule has 0 saturated heterocycles. The molecule has 0 aliphatic rings. The van der Waals surface area contributed by atoms with E-state index < -0.39 is 0 Å². The van der Waals surface area contributed by atoms with Crippen LogP contribution in [0.25, 0.3) is 0 Å². The summed E-state index contributed by atoms with van der Waals surface area (Å²) in [5.74, 6) is 5.69. The summed E-state index contributed by atoms with van der Waals surface area (Å²) in [7, 11) is 0. The van der Waals surface area contributed by atoms with Crippen LogP contribution in [0, 0.1) is 25.7 Å². The van der Waals surface area contributed by atoms with Crippen LogP contribution in [0.15, 0.2) is 29.0 Å². The quantitative estimate of drug-likeness (QED) is 0.833. The molecule has 102 valence electrons. The molecule has 2 aromatic rings. The molecule has 0 radical (unpaired) electrons. The summed E-state index contributed by atoms with van der Waals surface area (Å²) < 4.78 is 0. The molecule has 3 nitrogen and oxygen atoms in total. The number of thiophene rings is 1. The zero-order valence-electron chi connectivity index (χ0n) is 11.5. The molecule has 0 aliphatic carbocycles. The van der Waals surface area contributed by atoms with Gasteiger partial charge in [0.15, 0.2) is 0 Å². The molecule has 20 heavy (non-hydrogen) atoms. The van der Waals surface area contributed by atoms with E-state index in [1.807, 2.05) is 42.8 Å².